The molecule has 4 rings (SSSR count). The van der Waals surface area contributed by atoms with Gasteiger partial charge in [0.15, 0.2) is 0 Å². The lowest BCUT2D eigenvalue weighted by Gasteiger charge is -2.43. The maximum atomic E-state index is 15.0. The number of alkyl halides is 1. The van der Waals surface area contributed by atoms with Crippen LogP contribution in [-0.2, 0) is 16.1 Å². The number of hydrogen-bond donors (Lipinski definition) is 1. The molecule has 0 spiro atoms. The summed E-state index contributed by atoms with van der Waals surface area (Å²) in [4.78, 5) is 2.24. The molecule has 2 saturated heterocycles. The second-order valence-corrected chi connectivity index (χ2v) is 6.93. The van der Waals surface area contributed by atoms with E-state index >= 15 is 0 Å². The number of aromatic nitrogens is 2. The van der Waals surface area contributed by atoms with Gasteiger partial charge in [0.05, 0.1) is 37.6 Å². The Morgan fingerprint density at radius 2 is 2.29 bits per heavy atom. The Hall–Kier alpha value is -1.50. The Labute approximate surface area is 141 Å². The smallest absolute Gasteiger partial charge is 0.120 e. The average molecular weight is 333 g/mol. The molecular formula is C18H24FN3O2. The van der Waals surface area contributed by atoms with Crippen molar-refractivity contribution in [2.45, 2.75) is 38.1 Å². The van der Waals surface area contributed by atoms with Crippen molar-refractivity contribution in [3.63, 3.8) is 0 Å². The highest BCUT2D eigenvalue weighted by molar-refractivity contribution is 5.84. The highest BCUT2D eigenvalue weighted by Crippen LogP contribution is 2.37. The predicted octanol–water partition coefficient (Wildman–Crippen LogP) is 2.54. The molecule has 0 radical (unpaired) electrons. The van der Waals surface area contributed by atoms with E-state index in [0.29, 0.717) is 19.2 Å². The van der Waals surface area contributed by atoms with Crippen molar-refractivity contribution in [2.75, 3.05) is 33.4 Å². The molecule has 1 N–H and O–H groups in total. The van der Waals surface area contributed by atoms with Crippen molar-refractivity contribution in [1.82, 2.24) is 15.1 Å². The molecule has 3 heterocycles. The molecule has 2 unspecified atom stereocenters. The number of piperidine rings is 1. The Morgan fingerprint density at radius 1 is 1.46 bits per heavy atom. The van der Waals surface area contributed by atoms with E-state index in [9.17, 15) is 4.39 Å². The lowest BCUT2D eigenvalue weighted by Crippen LogP contribution is -2.54. The minimum Gasteiger partial charge on any atom is -0.380 e. The van der Waals surface area contributed by atoms with E-state index in [2.05, 4.69) is 28.1 Å². The van der Waals surface area contributed by atoms with Crippen LogP contribution in [0.3, 0.4) is 0 Å². The van der Waals surface area contributed by atoms with Crippen LogP contribution in [0.2, 0.25) is 0 Å². The SMILES string of the molecule is COCc1c(C)c(C2CCN(C3COC3)CC2F)cc2[nH]ncc12. The molecule has 2 aliphatic rings. The Morgan fingerprint density at radius 3 is 2.96 bits per heavy atom. The Bertz CT molecular complexity index is 728. The zero-order chi connectivity index (χ0) is 16.7. The second kappa shape index (κ2) is 6.43. The van der Waals surface area contributed by atoms with Gasteiger partial charge in [-0.15, -0.1) is 0 Å². The van der Waals surface area contributed by atoms with Crippen LogP contribution >= 0.6 is 0 Å². The van der Waals surface area contributed by atoms with E-state index in [1.165, 1.54) is 0 Å². The van der Waals surface area contributed by atoms with E-state index in [4.69, 9.17) is 9.47 Å². The average Bonchev–Trinajstić information content (AvgIpc) is 2.97. The van der Waals surface area contributed by atoms with Crippen molar-refractivity contribution < 1.29 is 13.9 Å². The van der Waals surface area contributed by atoms with E-state index < -0.39 is 6.17 Å². The van der Waals surface area contributed by atoms with Gasteiger partial charge in [-0.05, 0) is 42.6 Å². The minimum atomic E-state index is -0.853. The molecule has 24 heavy (non-hydrogen) atoms. The van der Waals surface area contributed by atoms with Crippen molar-refractivity contribution in [3.05, 3.63) is 29.0 Å². The van der Waals surface area contributed by atoms with Crippen LogP contribution in [-0.4, -0.2) is 60.7 Å². The number of fused-ring (bicyclic) bond motifs is 1. The molecule has 5 nitrogen and oxygen atoms in total. The quantitative estimate of drug-likeness (QED) is 0.934. The van der Waals surface area contributed by atoms with E-state index in [-0.39, 0.29) is 5.92 Å². The second-order valence-electron chi connectivity index (χ2n) is 6.93. The number of methoxy groups -OCH3 is 1. The van der Waals surface area contributed by atoms with Crippen LogP contribution in [0.25, 0.3) is 10.9 Å². The number of H-pyrrole nitrogens is 1. The summed E-state index contributed by atoms with van der Waals surface area (Å²) < 4.78 is 25.6. The van der Waals surface area contributed by atoms with Crippen LogP contribution in [0.4, 0.5) is 4.39 Å². The summed E-state index contributed by atoms with van der Waals surface area (Å²) in [7, 11) is 1.69. The standard InChI is InChI=1S/C18H24FN3O2/c1-11-14(5-18-15(6-20-21-18)16(11)10-23-2)13-3-4-22(7-17(13)19)12-8-24-9-12/h5-6,12-13,17H,3-4,7-10H2,1-2H3,(H,20,21). The van der Waals surface area contributed by atoms with Gasteiger partial charge in [-0.3, -0.25) is 10.00 Å². The summed E-state index contributed by atoms with van der Waals surface area (Å²) in [6.45, 7) is 5.51. The number of rotatable bonds is 4. The molecule has 2 atom stereocenters. The number of ether oxygens (including phenoxy) is 2. The zero-order valence-corrected chi connectivity index (χ0v) is 14.2. The van der Waals surface area contributed by atoms with Crippen molar-refractivity contribution in [1.29, 1.82) is 0 Å². The molecule has 1 aromatic carbocycles. The normalized spacial score (nSPS) is 26.0. The number of likely N-dealkylation sites (tertiary alicyclic amines) is 1. The lowest BCUT2D eigenvalue weighted by atomic mass is 9.83. The van der Waals surface area contributed by atoms with Gasteiger partial charge in [-0.1, -0.05) is 0 Å². The molecule has 0 aliphatic carbocycles. The third kappa shape index (κ3) is 2.62. The number of hydrogen-bond acceptors (Lipinski definition) is 4. The summed E-state index contributed by atoms with van der Waals surface area (Å²) in [5.41, 5.74) is 4.31. The van der Waals surface area contributed by atoms with Gasteiger partial charge in [0.25, 0.3) is 0 Å². The fourth-order valence-corrected chi connectivity index (χ4v) is 4.05. The number of nitrogens with one attached hydrogen (secondary N) is 1. The first kappa shape index (κ1) is 16.0. The van der Waals surface area contributed by atoms with E-state index in [1.807, 2.05) is 6.20 Å². The van der Waals surface area contributed by atoms with Crippen LogP contribution in [0, 0.1) is 6.92 Å². The first-order chi connectivity index (χ1) is 11.7. The van der Waals surface area contributed by atoms with Gasteiger partial charge in [0, 0.05) is 25.0 Å². The largest absolute Gasteiger partial charge is 0.380 e. The van der Waals surface area contributed by atoms with Crippen LogP contribution in [0.5, 0.6) is 0 Å². The summed E-state index contributed by atoms with van der Waals surface area (Å²) in [5.74, 6) is -0.0643. The first-order valence-electron chi connectivity index (χ1n) is 8.59. The summed E-state index contributed by atoms with van der Waals surface area (Å²) >= 11 is 0. The molecule has 0 bridgehead atoms. The molecule has 2 aliphatic heterocycles. The number of aromatic amines is 1. The van der Waals surface area contributed by atoms with Crippen molar-refractivity contribution >= 4 is 10.9 Å². The molecule has 2 fully saturated rings. The third-order valence-corrected chi connectivity index (χ3v) is 5.58. The molecule has 1 aromatic heterocycles. The summed E-state index contributed by atoms with van der Waals surface area (Å²) in [5, 5.41) is 8.25. The van der Waals surface area contributed by atoms with Gasteiger partial charge >= 0.3 is 0 Å². The van der Waals surface area contributed by atoms with Gasteiger partial charge in [-0.25, -0.2) is 4.39 Å². The van der Waals surface area contributed by atoms with Gasteiger partial charge in [0.2, 0.25) is 0 Å². The molecule has 0 saturated carbocycles. The fraction of sp³-hybridized carbons (Fsp3) is 0.611. The predicted molar refractivity (Wildman–Crippen MR) is 90.0 cm³/mol. The van der Waals surface area contributed by atoms with Gasteiger partial charge in [0.1, 0.15) is 6.17 Å². The maximum absolute atomic E-state index is 15.0. The topological polar surface area (TPSA) is 50.4 Å². The zero-order valence-electron chi connectivity index (χ0n) is 14.2. The Kier molecular flexibility index (Phi) is 4.28. The van der Waals surface area contributed by atoms with Gasteiger partial charge in [-0.2, -0.15) is 5.10 Å². The number of benzene rings is 1. The molecule has 130 valence electrons. The first-order valence-corrected chi connectivity index (χ1v) is 8.59. The molecule has 2 aromatic rings. The Balaban J connectivity index is 1.64. The lowest BCUT2D eigenvalue weighted by molar-refractivity contribution is -0.0807. The van der Waals surface area contributed by atoms with Crippen molar-refractivity contribution in [2.24, 2.45) is 0 Å². The minimum absolute atomic E-state index is 0.0643. The number of nitrogens with zero attached hydrogens (tertiary/aromatic N) is 2. The van der Waals surface area contributed by atoms with Gasteiger partial charge < -0.3 is 9.47 Å². The van der Waals surface area contributed by atoms with Crippen molar-refractivity contribution in [3.8, 4) is 0 Å². The van der Waals surface area contributed by atoms with Crippen LogP contribution in [0.1, 0.15) is 29.0 Å². The van der Waals surface area contributed by atoms with Crippen LogP contribution in [0.15, 0.2) is 12.3 Å². The third-order valence-electron chi connectivity index (χ3n) is 5.58. The van der Waals surface area contributed by atoms with Crippen LogP contribution < -0.4 is 0 Å². The van der Waals surface area contributed by atoms with E-state index in [0.717, 1.165) is 53.8 Å². The summed E-state index contributed by atoms with van der Waals surface area (Å²) in [6, 6.07) is 2.49. The fourth-order valence-electron chi connectivity index (χ4n) is 4.05. The molecule has 0 amide bonds. The maximum Gasteiger partial charge on any atom is 0.120 e. The van der Waals surface area contributed by atoms with E-state index in [1.54, 1.807) is 7.11 Å². The molecule has 6 heteroatoms. The summed E-state index contributed by atoms with van der Waals surface area (Å²) in [6.07, 6.45) is 1.81. The number of halogens is 1. The monoisotopic (exact) mass is 333 g/mol. The molecular weight excluding hydrogens is 309 g/mol. The highest BCUT2D eigenvalue weighted by Gasteiger charge is 2.36. The highest BCUT2D eigenvalue weighted by atomic mass is 19.1.